The van der Waals surface area contributed by atoms with Crippen LogP contribution in [0.1, 0.15) is 0 Å². The quantitative estimate of drug-likeness (QED) is 0.117. The number of hydrogen-bond donors (Lipinski definition) is 2. The summed E-state index contributed by atoms with van der Waals surface area (Å²) >= 11 is 78.5. The molecule has 0 heterocycles. The molecule has 0 saturated heterocycles. The van der Waals surface area contributed by atoms with Crippen molar-refractivity contribution in [2.24, 2.45) is 0 Å². The van der Waals surface area contributed by atoms with Crippen LogP contribution >= 0.6 is 185 Å². The minimum Gasteiger partial charge on any atom is -0.505 e. The normalized spacial score (nSPS) is 21.7. The van der Waals surface area contributed by atoms with E-state index in [-0.39, 0.29) is 48.7 Å². The van der Waals surface area contributed by atoms with E-state index >= 15 is 0 Å². The fourth-order valence-electron chi connectivity index (χ4n) is 2.34. The molecular weight excluding hydrogens is 966 g/mol. The molecule has 2 N–H and O–H groups in total. The Morgan fingerprint density at radius 1 is 0.533 bits per heavy atom. The zero-order valence-electron chi connectivity index (χ0n) is 23.0. The molecular formula is C24H24Cl12CuN2O2S4. The van der Waals surface area contributed by atoms with E-state index in [4.69, 9.17) is 174 Å². The van der Waals surface area contributed by atoms with E-state index < -0.39 is 32.3 Å². The summed E-state index contributed by atoms with van der Waals surface area (Å²) in [4.78, 5) is 3.79. The first-order valence-electron chi connectivity index (χ1n) is 11.4. The Kier molecular flexibility index (Phi) is 27.2. The Morgan fingerprint density at radius 3 is 0.867 bits per heavy atom. The zero-order valence-corrected chi connectivity index (χ0v) is 36.3. The third-order valence-corrected chi connectivity index (χ3v) is 14.5. The predicted molar refractivity (Wildman–Crippen MR) is 212 cm³/mol. The summed E-state index contributed by atoms with van der Waals surface area (Å²) < 4.78 is 1.67. The topological polar surface area (TPSA) is 46.9 Å². The fourth-order valence-corrected chi connectivity index (χ4v) is 8.68. The van der Waals surface area contributed by atoms with E-state index in [1.165, 1.54) is 45.9 Å². The summed E-state index contributed by atoms with van der Waals surface area (Å²) in [5, 5.41) is 16.9. The van der Waals surface area contributed by atoms with Crippen molar-refractivity contribution in [1.29, 1.82) is 0 Å². The molecule has 3 rings (SSSR count). The fraction of sp³-hybridized carbons (Fsp3) is 0.417. The van der Waals surface area contributed by atoms with Crippen molar-refractivity contribution in [1.82, 2.24) is 9.80 Å². The molecule has 1 aliphatic rings. The Bertz CT molecular complexity index is 1070. The number of nitrogens with zero attached hydrogens (tertiary/aromatic N) is 2. The van der Waals surface area contributed by atoms with Crippen molar-refractivity contribution < 1.29 is 27.3 Å². The van der Waals surface area contributed by atoms with Crippen molar-refractivity contribution in [3.8, 4) is 11.5 Å². The molecule has 2 aromatic rings. The van der Waals surface area contributed by atoms with Crippen LogP contribution in [-0.4, -0.2) is 89.1 Å². The number of thiocarbonyl (C=S) groups is 2. The molecule has 1 aliphatic carbocycles. The van der Waals surface area contributed by atoms with Gasteiger partial charge in [0.05, 0.1) is 52.4 Å². The van der Waals surface area contributed by atoms with Crippen LogP contribution in [-0.2, 0) is 17.1 Å². The molecule has 261 valence electrons. The molecule has 21 heteroatoms. The monoisotopic (exact) mass is 983 g/mol. The van der Waals surface area contributed by atoms with Gasteiger partial charge in [0.2, 0.25) is 0 Å². The van der Waals surface area contributed by atoms with Gasteiger partial charge < -0.3 is 20.0 Å². The Morgan fingerprint density at radius 2 is 0.711 bits per heavy atom. The van der Waals surface area contributed by atoms with Gasteiger partial charge in [0.25, 0.3) is 0 Å². The molecule has 0 unspecified atom stereocenters. The average Bonchev–Trinajstić information content (AvgIpc) is 2.94. The van der Waals surface area contributed by atoms with Crippen LogP contribution in [0.5, 0.6) is 11.5 Å². The van der Waals surface area contributed by atoms with Gasteiger partial charge in [0.1, 0.15) is 8.64 Å². The standard InChI is InChI=1S/C6H6Cl6.2C6H3Cl3O.C6H12N2S4.Cu/c7-1-2(8)4(10)6(12)5(11)3(1)9;2*7-3-1-4(8)6(10)5(9)2-3;1-7(2)5(9)11-12-6(10)8(3)4;/h1-6H;2*1-2,10H;1-4H3;. The largest absolute Gasteiger partial charge is 0.505 e. The van der Waals surface area contributed by atoms with Gasteiger partial charge in [-0.15, -0.1) is 69.6 Å². The molecule has 1 radical (unpaired) electrons. The molecule has 0 aromatic heterocycles. The third kappa shape index (κ3) is 18.0. The van der Waals surface area contributed by atoms with Crippen molar-refractivity contribution in [3.63, 3.8) is 0 Å². The number of benzene rings is 2. The summed E-state index contributed by atoms with van der Waals surface area (Å²) in [6.07, 6.45) is 0. The van der Waals surface area contributed by atoms with Crippen molar-refractivity contribution >= 4 is 194 Å². The molecule has 0 spiro atoms. The molecule has 1 saturated carbocycles. The summed E-state index contributed by atoms with van der Waals surface area (Å²) in [7, 11) is 10.7. The van der Waals surface area contributed by atoms with Gasteiger partial charge in [-0.1, -0.05) is 94.0 Å². The zero-order chi connectivity index (χ0) is 34.6. The van der Waals surface area contributed by atoms with Gasteiger partial charge in [-0.3, -0.25) is 0 Å². The molecule has 45 heavy (non-hydrogen) atoms. The summed E-state index contributed by atoms with van der Waals surface area (Å²) in [5.74, 6) is -0.263. The van der Waals surface area contributed by atoms with Crippen LogP contribution in [0, 0.1) is 0 Å². The Hall–Kier alpha value is 2.52. The Labute approximate surface area is 353 Å². The smallest absolute Gasteiger partial charge is 0.152 e. The molecule has 0 amide bonds. The van der Waals surface area contributed by atoms with Crippen molar-refractivity contribution in [3.05, 3.63) is 54.4 Å². The second-order valence-corrected chi connectivity index (χ2v) is 17.5. The second kappa shape index (κ2) is 24.7. The maximum Gasteiger partial charge on any atom is 0.152 e. The van der Waals surface area contributed by atoms with Gasteiger partial charge >= 0.3 is 0 Å². The van der Waals surface area contributed by atoms with Crippen LogP contribution < -0.4 is 0 Å². The van der Waals surface area contributed by atoms with E-state index in [2.05, 4.69) is 0 Å². The molecule has 2 aromatic carbocycles. The Balaban J connectivity index is 0. The second-order valence-electron chi connectivity index (χ2n) is 8.59. The number of hydrogen-bond acceptors (Lipinski definition) is 6. The molecule has 4 nitrogen and oxygen atoms in total. The van der Waals surface area contributed by atoms with E-state index in [1.807, 2.05) is 38.0 Å². The van der Waals surface area contributed by atoms with E-state index in [1.54, 1.807) is 0 Å². The van der Waals surface area contributed by atoms with Crippen molar-refractivity contribution in [2.75, 3.05) is 28.2 Å². The summed E-state index contributed by atoms with van der Waals surface area (Å²) in [6, 6.07) is 5.68. The number of aromatic hydroxyl groups is 2. The maximum absolute atomic E-state index is 9.01. The van der Waals surface area contributed by atoms with Crippen LogP contribution in [0.2, 0.25) is 30.1 Å². The molecule has 0 bridgehead atoms. The number of phenols is 2. The molecule has 0 atom stereocenters. The van der Waals surface area contributed by atoms with Gasteiger partial charge in [0.15, 0.2) is 11.5 Å². The molecule has 1 fully saturated rings. The number of alkyl halides is 6. The third-order valence-electron chi connectivity index (χ3n) is 4.70. The summed E-state index contributed by atoms with van der Waals surface area (Å²) in [5.41, 5.74) is 0. The van der Waals surface area contributed by atoms with Gasteiger partial charge in [-0.2, -0.15) is 0 Å². The van der Waals surface area contributed by atoms with Crippen LogP contribution in [0.15, 0.2) is 24.3 Å². The number of rotatable bonds is 0. The minimum absolute atomic E-state index is 0. The van der Waals surface area contributed by atoms with Crippen LogP contribution in [0.25, 0.3) is 0 Å². The van der Waals surface area contributed by atoms with Gasteiger partial charge in [-0.05, 0) is 45.9 Å². The SMILES string of the molecule is CN(C)C(=S)SSC(=S)N(C)C.ClC1C(Cl)C(Cl)C(Cl)C(Cl)C1Cl.Oc1c(Cl)cc(Cl)cc1Cl.Oc1c(Cl)cc(Cl)cc1Cl.[Cu]. The average molecular weight is 990 g/mol. The van der Waals surface area contributed by atoms with E-state index in [0.717, 1.165) is 8.64 Å². The van der Waals surface area contributed by atoms with E-state index in [0.29, 0.717) is 10.0 Å². The first kappa shape index (κ1) is 49.6. The molecule has 0 aliphatic heterocycles. The first-order chi connectivity index (χ1) is 20.1. The minimum atomic E-state index is -0.437. The van der Waals surface area contributed by atoms with Gasteiger partial charge in [0, 0.05) is 55.3 Å². The number of phenolic OH excluding ortho intramolecular Hbond substituents is 2. The van der Waals surface area contributed by atoms with E-state index in [9.17, 15) is 0 Å². The maximum atomic E-state index is 9.01. The number of halogens is 12. The predicted octanol–water partition coefficient (Wildman–Crippen LogP) is 12.4. The van der Waals surface area contributed by atoms with Crippen LogP contribution in [0.3, 0.4) is 0 Å². The van der Waals surface area contributed by atoms with Crippen LogP contribution in [0.4, 0.5) is 0 Å². The first-order valence-corrected chi connectivity index (χ1v) is 19.3. The van der Waals surface area contributed by atoms with Gasteiger partial charge in [-0.25, -0.2) is 0 Å². The van der Waals surface area contributed by atoms with Crippen molar-refractivity contribution in [2.45, 2.75) is 32.3 Å². The summed E-state index contributed by atoms with van der Waals surface area (Å²) in [6.45, 7) is 0.